The van der Waals surface area contributed by atoms with Crippen LogP contribution in [0.15, 0.2) is 0 Å². The molecule has 17 heavy (non-hydrogen) atoms. The van der Waals surface area contributed by atoms with E-state index in [1.165, 1.54) is 0 Å². The largest absolute Gasteiger partial charge is 0.344 e. The van der Waals surface area contributed by atoms with Crippen LogP contribution in [0.3, 0.4) is 0 Å². The van der Waals surface area contributed by atoms with Gasteiger partial charge in [0.25, 0.3) is 0 Å². The van der Waals surface area contributed by atoms with Crippen molar-refractivity contribution in [2.24, 2.45) is 5.92 Å². The standard InChI is InChI=1S/C13H20N2O2/c1-4-7-14-13(17)10(2)15-8-5-6-12(9-15)11(3)16/h1,10,12H,5-9H2,2-3H3,(H,14,17). The number of carbonyl (C=O) groups excluding carboxylic acids is 2. The zero-order chi connectivity index (χ0) is 12.8. The lowest BCUT2D eigenvalue weighted by molar-refractivity contribution is -0.129. The van der Waals surface area contributed by atoms with Crippen molar-refractivity contribution in [3.63, 3.8) is 0 Å². The molecule has 4 heteroatoms. The molecule has 0 bridgehead atoms. The van der Waals surface area contributed by atoms with E-state index in [0.717, 1.165) is 19.4 Å². The van der Waals surface area contributed by atoms with Gasteiger partial charge in [-0.15, -0.1) is 6.42 Å². The molecule has 0 radical (unpaired) electrons. The van der Waals surface area contributed by atoms with E-state index in [-0.39, 0.29) is 30.2 Å². The summed E-state index contributed by atoms with van der Waals surface area (Å²) in [4.78, 5) is 25.2. The minimum atomic E-state index is -0.217. The lowest BCUT2D eigenvalue weighted by Gasteiger charge is -2.35. The lowest BCUT2D eigenvalue weighted by atomic mass is 9.93. The maximum Gasteiger partial charge on any atom is 0.237 e. The van der Waals surface area contributed by atoms with Gasteiger partial charge in [0.05, 0.1) is 12.6 Å². The number of terminal acetylenes is 1. The fourth-order valence-corrected chi connectivity index (χ4v) is 2.14. The Kier molecular flexibility index (Phi) is 5.17. The van der Waals surface area contributed by atoms with Crippen molar-refractivity contribution in [2.45, 2.75) is 32.7 Å². The highest BCUT2D eigenvalue weighted by atomic mass is 16.2. The van der Waals surface area contributed by atoms with Gasteiger partial charge in [0, 0.05) is 12.5 Å². The molecule has 0 aliphatic carbocycles. The van der Waals surface area contributed by atoms with E-state index in [0.29, 0.717) is 6.54 Å². The number of amides is 1. The van der Waals surface area contributed by atoms with E-state index in [1.807, 2.05) is 6.92 Å². The first-order chi connectivity index (χ1) is 8.06. The van der Waals surface area contributed by atoms with Crippen molar-refractivity contribution in [3.05, 3.63) is 0 Å². The van der Waals surface area contributed by atoms with Crippen LogP contribution in [0.2, 0.25) is 0 Å². The predicted octanol–water partition coefficient (Wildman–Crippen LogP) is 0.425. The summed E-state index contributed by atoms with van der Waals surface area (Å²) in [5.74, 6) is 2.61. The number of Topliss-reactive ketones (excluding diaryl/α,β-unsaturated/α-hetero) is 1. The van der Waals surface area contributed by atoms with E-state index >= 15 is 0 Å². The average Bonchev–Trinajstić information content (AvgIpc) is 2.35. The smallest absolute Gasteiger partial charge is 0.237 e. The fourth-order valence-electron chi connectivity index (χ4n) is 2.14. The van der Waals surface area contributed by atoms with E-state index in [2.05, 4.69) is 16.1 Å². The molecule has 2 atom stereocenters. The molecule has 0 aromatic carbocycles. The number of hydrogen-bond acceptors (Lipinski definition) is 3. The van der Waals surface area contributed by atoms with Crippen molar-refractivity contribution in [1.29, 1.82) is 0 Å². The van der Waals surface area contributed by atoms with Gasteiger partial charge in [-0.1, -0.05) is 5.92 Å². The molecule has 2 unspecified atom stereocenters. The maximum absolute atomic E-state index is 11.7. The Labute approximate surface area is 103 Å². The Bertz CT molecular complexity index is 333. The SMILES string of the molecule is C#CCNC(=O)C(C)N1CCCC(C(C)=O)C1. The van der Waals surface area contributed by atoms with Crippen LogP contribution in [-0.4, -0.2) is 42.3 Å². The first-order valence-electron chi connectivity index (χ1n) is 6.02. The third-order valence-corrected chi connectivity index (χ3v) is 3.32. The number of likely N-dealkylation sites (tertiary alicyclic amines) is 1. The van der Waals surface area contributed by atoms with Crippen molar-refractivity contribution >= 4 is 11.7 Å². The minimum absolute atomic E-state index is 0.0628. The summed E-state index contributed by atoms with van der Waals surface area (Å²) >= 11 is 0. The molecule has 1 aliphatic heterocycles. The molecule has 0 aromatic heterocycles. The first-order valence-corrected chi connectivity index (χ1v) is 6.02. The van der Waals surface area contributed by atoms with Crippen molar-refractivity contribution < 1.29 is 9.59 Å². The van der Waals surface area contributed by atoms with Gasteiger partial charge in [0.1, 0.15) is 5.78 Å². The monoisotopic (exact) mass is 236 g/mol. The van der Waals surface area contributed by atoms with Crippen LogP contribution >= 0.6 is 0 Å². The molecule has 0 spiro atoms. The molecule has 94 valence electrons. The van der Waals surface area contributed by atoms with Crippen LogP contribution in [0.5, 0.6) is 0 Å². The van der Waals surface area contributed by atoms with Crippen LogP contribution in [0.4, 0.5) is 0 Å². The average molecular weight is 236 g/mol. The third kappa shape index (κ3) is 3.86. The van der Waals surface area contributed by atoms with E-state index in [4.69, 9.17) is 6.42 Å². The number of rotatable bonds is 4. The number of piperidine rings is 1. The molecule has 0 aromatic rings. The summed E-state index contributed by atoms with van der Waals surface area (Å²) in [7, 11) is 0. The molecule has 0 saturated carbocycles. The molecule has 1 heterocycles. The van der Waals surface area contributed by atoms with Gasteiger partial charge in [-0.3, -0.25) is 14.5 Å². The van der Waals surface area contributed by atoms with Gasteiger partial charge in [-0.05, 0) is 33.2 Å². The number of ketones is 1. The van der Waals surface area contributed by atoms with Crippen molar-refractivity contribution in [2.75, 3.05) is 19.6 Å². The Morgan fingerprint density at radius 1 is 1.59 bits per heavy atom. The van der Waals surface area contributed by atoms with Gasteiger partial charge in [0.15, 0.2) is 0 Å². The second-order valence-corrected chi connectivity index (χ2v) is 4.54. The van der Waals surface area contributed by atoms with E-state index in [1.54, 1.807) is 6.92 Å². The molecule has 1 rings (SSSR count). The van der Waals surface area contributed by atoms with Crippen LogP contribution in [0, 0.1) is 18.3 Å². The highest BCUT2D eigenvalue weighted by molar-refractivity contribution is 5.82. The van der Waals surface area contributed by atoms with Gasteiger partial charge < -0.3 is 5.32 Å². The fraction of sp³-hybridized carbons (Fsp3) is 0.692. The second kappa shape index (κ2) is 6.41. The zero-order valence-corrected chi connectivity index (χ0v) is 10.5. The molecular weight excluding hydrogens is 216 g/mol. The molecule has 1 amide bonds. The summed E-state index contributed by atoms with van der Waals surface area (Å²) in [5.41, 5.74) is 0. The number of nitrogens with zero attached hydrogens (tertiary/aromatic N) is 1. The second-order valence-electron chi connectivity index (χ2n) is 4.54. The molecule has 1 N–H and O–H groups in total. The summed E-state index contributed by atoms with van der Waals surface area (Å²) in [6.45, 7) is 5.28. The Hall–Kier alpha value is -1.34. The topological polar surface area (TPSA) is 49.4 Å². The first kappa shape index (κ1) is 13.7. The maximum atomic E-state index is 11.7. The number of hydrogen-bond donors (Lipinski definition) is 1. The third-order valence-electron chi connectivity index (χ3n) is 3.32. The lowest BCUT2D eigenvalue weighted by Crippen LogP contribution is -2.50. The van der Waals surface area contributed by atoms with Gasteiger partial charge in [-0.2, -0.15) is 0 Å². The van der Waals surface area contributed by atoms with Crippen LogP contribution < -0.4 is 5.32 Å². The van der Waals surface area contributed by atoms with Crippen molar-refractivity contribution in [1.82, 2.24) is 10.2 Å². The Balaban J connectivity index is 2.51. The molecule has 1 fully saturated rings. The Morgan fingerprint density at radius 2 is 2.29 bits per heavy atom. The molecule has 1 saturated heterocycles. The Morgan fingerprint density at radius 3 is 2.88 bits per heavy atom. The van der Waals surface area contributed by atoms with Crippen LogP contribution in [0.1, 0.15) is 26.7 Å². The number of nitrogens with one attached hydrogen (secondary N) is 1. The van der Waals surface area contributed by atoms with Gasteiger partial charge >= 0.3 is 0 Å². The van der Waals surface area contributed by atoms with E-state index in [9.17, 15) is 9.59 Å². The summed E-state index contributed by atoms with van der Waals surface area (Å²) in [6, 6.07) is -0.217. The summed E-state index contributed by atoms with van der Waals surface area (Å²) in [6.07, 6.45) is 7.00. The normalized spacial score (nSPS) is 22.5. The quantitative estimate of drug-likeness (QED) is 0.720. The van der Waals surface area contributed by atoms with Gasteiger partial charge in [0.2, 0.25) is 5.91 Å². The molecule has 1 aliphatic rings. The molecular formula is C13H20N2O2. The van der Waals surface area contributed by atoms with Crippen molar-refractivity contribution in [3.8, 4) is 12.3 Å². The minimum Gasteiger partial charge on any atom is -0.344 e. The predicted molar refractivity (Wildman–Crippen MR) is 66.3 cm³/mol. The van der Waals surface area contributed by atoms with E-state index < -0.39 is 0 Å². The van der Waals surface area contributed by atoms with Gasteiger partial charge in [-0.25, -0.2) is 0 Å². The highest BCUT2D eigenvalue weighted by Crippen LogP contribution is 2.19. The molecule has 4 nitrogen and oxygen atoms in total. The summed E-state index contributed by atoms with van der Waals surface area (Å²) < 4.78 is 0. The van der Waals surface area contributed by atoms with Crippen LogP contribution in [0.25, 0.3) is 0 Å². The summed E-state index contributed by atoms with van der Waals surface area (Å²) in [5, 5.41) is 2.67. The zero-order valence-electron chi connectivity index (χ0n) is 10.5. The number of carbonyl (C=O) groups is 2. The highest BCUT2D eigenvalue weighted by Gasteiger charge is 2.28. The van der Waals surface area contributed by atoms with Crippen LogP contribution in [-0.2, 0) is 9.59 Å².